The van der Waals surface area contributed by atoms with E-state index in [1.54, 1.807) is 0 Å². The van der Waals surface area contributed by atoms with Gasteiger partial charge < -0.3 is 10.3 Å². The van der Waals surface area contributed by atoms with Crippen molar-refractivity contribution in [2.75, 3.05) is 5.73 Å². The Bertz CT molecular complexity index is 964. The Morgan fingerprint density at radius 3 is 2.76 bits per heavy atom. The second-order valence-electron chi connectivity index (χ2n) is 5.30. The van der Waals surface area contributed by atoms with Crippen molar-refractivity contribution in [3.63, 3.8) is 0 Å². The topological polar surface area (TPSA) is 72.5 Å². The third-order valence-electron chi connectivity index (χ3n) is 4.04. The van der Waals surface area contributed by atoms with Gasteiger partial charge in [-0.05, 0) is 25.1 Å². The van der Waals surface area contributed by atoms with Gasteiger partial charge in [0.15, 0.2) is 0 Å². The first-order chi connectivity index (χ1) is 10.1. The number of anilines is 1. The SMILES string of the molecule is Cc1cc2c(N)nc3cc(-c4cc[nH]n4)ccc3c2n1C. The lowest BCUT2D eigenvalue weighted by Crippen LogP contribution is -1.95. The summed E-state index contributed by atoms with van der Waals surface area (Å²) >= 11 is 0. The summed E-state index contributed by atoms with van der Waals surface area (Å²) in [5.74, 6) is 0.570. The molecule has 0 amide bonds. The molecule has 21 heavy (non-hydrogen) atoms. The van der Waals surface area contributed by atoms with Crippen molar-refractivity contribution >= 4 is 27.6 Å². The molecule has 0 radical (unpaired) electrons. The number of H-pyrrole nitrogens is 1. The van der Waals surface area contributed by atoms with E-state index < -0.39 is 0 Å². The number of hydrogen-bond donors (Lipinski definition) is 2. The average Bonchev–Trinajstić information content (AvgIpc) is 3.09. The fraction of sp³-hybridized carbons (Fsp3) is 0.125. The third kappa shape index (κ3) is 1.64. The van der Waals surface area contributed by atoms with Gasteiger partial charge in [0, 0.05) is 35.3 Å². The van der Waals surface area contributed by atoms with E-state index in [1.807, 2.05) is 18.3 Å². The maximum absolute atomic E-state index is 6.13. The molecule has 5 nitrogen and oxygen atoms in total. The van der Waals surface area contributed by atoms with Crippen molar-refractivity contribution in [2.24, 2.45) is 7.05 Å². The van der Waals surface area contributed by atoms with Gasteiger partial charge in [-0.2, -0.15) is 5.10 Å². The molecule has 5 heteroatoms. The minimum absolute atomic E-state index is 0.570. The zero-order chi connectivity index (χ0) is 14.6. The van der Waals surface area contributed by atoms with Crippen molar-refractivity contribution in [3.8, 4) is 11.3 Å². The molecule has 0 saturated carbocycles. The molecule has 0 fully saturated rings. The van der Waals surface area contributed by atoms with E-state index in [0.29, 0.717) is 5.82 Å². The van der Waals surface area contributed by atoms with Crippen LogP contribution in [0.15, 0.2) is 36.5 Å². The lowest BCUT2D eigenvalue weighted by atomic mass is 10.1. The Kier molecular flexibility index (Phi) is 2.33. The molecule has 3 N–H and O–H groups in total. The number of aryl methyl sites for hydroxylation is 2. The van der Waals surface area contributed by atoms with Crippen LogP contribution in [0, 0.1) is 6.92 Å². The van der Waals surface area contributed by atoms with E-state index in [-0.39, 0.29) is 0 Å². The molecule has 4 rings (SSSR count). The van der Waals surface area contributed by atoms with Crippen LogP contribution in [-0.2, 0) is 7.05 Å². The van der Waals surface area contributed by atoms with Gasteiger partial charge in [0.1, 0.15) is 5.82 Å². The second-order valence-corrected chi connectivity index (χ2v) is 5.30. The molecule has 3 aromatic heterocycles. The Labute approximate surface area is 121 Å². The summed E-state index contributed by atoms with van der Waals surface area (Å²) in [5.41, 5.74) is 11.2. The molecule has 3 heterocycles. The number of fused-ring (bicyclic) bond motifs is 3. The third-order valence-corrected chi connectivity index (χ3v) is 4.04. The van der Waals surface area contributed by atoms with Crippen molar-refractivity contribution in [3.05, 3.63) is 42.2 Å². The highest BCUT2D eigenvalue weighted by molar-refractivity contribution is 6.09. The second kappa shape index (κ2) is 4.09. The Balaban J connectivity index is 2.10. The van der Waals surface area contributed by atoms with E-state index in [4.69, 9.17) is 5.73 Å². The predicted molar refractivity (Wildman–Crippen MR) is 85.0 cm³/mol. The van der Waals surface area contributed by atoms with Crippen molar-refractivity contribution in [1.29, 1.82) is 0 Å². The highest BCUT2D eigenvalue weighted by Crippen LogP contribution is 2.32. The highest BCUT2D eigenvalue weighted by Gasteiger charge is 2.12. The Morgan fingerprint density at radius 2 is 2.00 bits per heavy atom. The van der Waals surface area contributed by atoms with Gasteiger partial charge >= 0.3 is 0 Å². The molecule has 0 saturated heterocycles. The molecule has 0 aliphatic heterocycles. The fourth-order valence-corrected chi connectivity index (χ4v) is 2.85. The number of nitrogen functional groups attached to an aromatic ring is 1. The monoisotopic (exact) mass is 277 g/mol. The Morgan fingerprint density at radius 1 is 1.14 bits per heavy atom. The van der Waals surface area contributed by atoms with Gasteiger partial charge in [0.25, 0.3) is 0 Å². The summed E-state index contributed by atoms with van der Waals surface area (Å²) in [7, 11) is 2.05. The number of aromatic amines is 1. The minimum atomic E-state index is 0.570. The first-order valence-electron chi connectivity index (χ1n) is 6.80. The molecule has 104 valence electrons. The molecule has 0 aliphatic rings. The smallest absolute Gasteiger partial charge is 0.133 e. The number of pyridine rings is 1. The molecular weight excluding hydrogens is 262 g/mol. The minimum Gasteiger partial charge on any atom is -0.383 e. The normalized spacial score (nSPS) is 11.5. The highest BCUT2D eigenvalue weighted by atomic mass is 15.1. The maximum Gasteiger partial charge on any atom is 0.133 e. The molecule has 0 aliphatic carbocycles. The molecule has 0 spiro atoms. The first-order valence-corrected chi connectivity index (χ1v) is 6.80. The van der Waals surface area contributed by atoms with Crippen LogP contribution in [0.2, 0.25) is 0 Å². The zero-order valence-corrected chi connectivity index (χ0v) is 11.9. The van der Waals surface area contributed by atoms with Gasteiger partial charge in [-0.15, -0.1) is 0 Å². The van der Waals surface area contributed by atoms with E-state index >= 15 is 0 Å². The van der Waals surface area contributed by atoms with Gasteiger partial charge in [-0.1, -0.05) is 12.1 Å². The fourth-order valence-electron chi connectivity index (χ4n) is 2.85. The summed E-state index contributed by atoms with van der Waals surface area (Å²) in [4.78, 5) is 4.56. The number of benzene rings is 1. The molecule has 4 aromatic rings. The number of nitrogens with two attached hydrogens (primary N) is 1. The number of aromatic nitrogens is 4. The van der Waals surface area contributed by atoms with E-state index in [9.17, 15) is 0 Å². The van der Waals surface area contributed by atoms with Crippen LogP contribution in [0.25, 0.3) is 33.1 Å². The van der Waals surface area contributed by atoms with Crippen LogP contribution in [0.1, 0.15) is 5.69 Å². The summed E-state index contributed by atoms with van der Waals surface area (Å²) in [6.45, 7) is 2.07. The largest absolute Gasteiger partial charge is 0.383 e. The van der Waals surface area contributed by atoms with Crippen LogP contribution < -0.4 is 5.73 Å². The first kappa shape index (κ1) is 12.0. The molecule has 0 bridgehead atoms. The van der Waals surface area contributed by atoms with Gasteiger partial charge in [-0.3, -0.25) is 5.10 Å². The standard InChI is InChI=1S/C16H15N5/c1-9-7-12-15(21(9)2)11-4-3-10(13-5-6-18-20-13)8-14(11)19-16(12)17/h3-8H,1-2H3,(H2,17,19)(H,18,20). The lowest BCUT2D eigenvalue weighted by molar-refractivity contribution is 0.921. The zero-order valence-electron chi connectivity index (χ0n) is 11.9. The van der Waals surface area contributed by atoms with Crippen LogP contribution in [0.5, 0.6) is 0 Å². The maximum atomic E-state index is 6.13. The van der Waals surface area contributed by atoms with Crippen molar-refractivity contribution in [2.45, 2.75) is 6.92 Å². The summed E-state index contributed by atoms with van der Waals surface area (Å²) in [6, 6.07) is 10.2. The van der Waals surface area contributed by atoms with Gasteiger partial charge in [0.2, 0.25) is 0 Å². The van der Waals surface area contributed by atoms with Crippen LogP contribution >= 0.6 is 0 Å². The van der Waals surface area contributed by atoms with E-state index in [2.05, 4.69) is 51.9 Å². The van der Waals surface area contributed by atoms with Gasteiger partial charge in [-0.25, -0.2) is 4.98 Å². The van der Waals surface area contributed by atoms with E-state index in [0.717, 1.165) is 33.1 Å². The van der Waals surface area contributed by atoms with Crippen LogP contribution in [0.4, 0.5) is 5.82 Å². The van der Waals surface area contributed by atoms with Crippen molar-refractivity contribution in [1.82, 2.24) is 19.7 Å². The molecule has 0 unspecified atom stereocenters. The lowest BCUT2D eigenvalue weighted by Gasteiger charge is -2.07. The van der Waals surface area contributed by atoms with Crippen molar-refractivity contribution < 1.29 is 0 Å². The number of rotatable bonds is 1. The summed E-state index contributed by atoms with van der Waals surface area (Å²) in [6.07, 6.45) is 1.81. The summed E-state index contributed by atoms with van der Waals surface area (Å²) in [5, 5.41) is 9.16. The number of nitrogens with zero attached hydrogens (tertiary/aromatic N) is 3. The van der Waals surface area contributed by atoms with Crippen LogP contribution in [0.3, 0.4) is 0 Å². The van der Waals surface area contributed by atoms with E-state index in [1.165, 1.54) is 5.69 Å². The average molecular weight is 277 g/mol. The summed E-state index contributed by atoms with van der Waals surface area (Å²) < 4.78 is 2.16. The predicted octanol–water partition coefficient (Wildman–Crippen LogP) is 3.01. The molecule has 0 atom stereocenters. The van der Waals surface area contributed by atoms with Gasteiger partial charge in [0.05, 0.1) is 16.7 Å². The Hall–Kier alpha value is -2.82. The quantitative estimate of drug-likeness (QED) is 0.561. The van der Waals surface area contributed by atoms with Crippen LogP contribution in [-0.4, -0.2) is 19.7 Å². The number of hydrogen-bond acceptors (Lipinski definition) is 3. The number of nitrogens with one attached hydrogen (secondary N) is 1. The molecule has 1 aromatic carbocycles. The molecular formula is C16H15N5.